The Hall–Kier alpha value is -1.03. The number of halogens is 1. The number of carbonyl (C=O) groups excluding carboxylic acids is 1. The summed E-state index contributed by atoms with van der Waals surface area (Å²) in [5, 5.41) is -0.326. The van der Waals surface area contributed by atoms with Crippen molar-refractivity contribution in [3.05, 3.63) is 17.8 Å². The first-order chi connectivity index (χ1) is 6.56. The summed E-state index contributed by atoms with van der Waals surface area (Å²) in [6, 6.07) is 0. The lowest BCUT2D eigenvalue weighted by Crippen LogP contribution is -2.03. The highest BCUT2D eigenvalue weighted by molar-refractivity contribution is 6.20. The number of esters is 1. The lowest BCUT2D eigenvalue weighted by molar-refractivity contribution is 0.0594. The highest BCUT2D eigenvalue weighted by Crippen LogP contribution is 2.27. The fourth-order valence-electron chi connectivity index (χ4n) is 0.898. The summed E-state index contributed by atoms with van der Waals surface area (Å²) in [6.45, 7) is 3.89. The van der Waals surface area contributed by atoms with Gasteiger partial charge in [0, 0.05) is 0 Å². The lowest BCUT2D eigenvalue weighted by Gasteiger charge is -2.07. The van der Waals surface area contributed by atoms with Crippen molar-refractivity contribution >= 4 is 17.6 Å². The maximum atomic E-state index is 11.0. The van der Waals surface area contributed by atoms with Crippen molar-refractivity contribution in [1.29, 1.82) is 0 Å². The SMILES string of the molecule is COC(=O)c1coc([C@H](Cl)C(C)C)n1. The molecular weight excluding hydrogens is 206 g/mol. The molecule has 0 spiro atoms. The molecule has 0 aliphatic carbocycles. The minimum absolute atomic E-state index is 0.147. The van der Waals surface area contributed by atoms with Crippen LogP contribution in [0.15, 0.2) is 10.7 Å². The smallest absolute Gasteiger partial charge is 0.360 e. The normalized spacial score (nSPS) is 12.9. The van der Waals surface area contributed by atoms with Crippen LogP contribution in [0.2, 0.25) is 0 Å². The Kier molecular flexibility index (Phi) is 3.52. The molecule has 0 aliphatic heterocycles. The molecule has 5 heteroatoms. The van der Waals surface area contributed by atoms with Gasteiger partial charge in [0.15, 0.2) is 5.69 Å². The summed E-state index contributed by atoms with van der Waals surface area (Å²) in [5.74, 6) is 0.0236. The van der Waals surface area contributed by atoms with Gasteiger partial charge in [-0.25, -0.2) is 9.78 Å². The zero-order valence-corrected chi connectivity index (χ0v) is 9.04. The average molecular weight is 218 g/mol. The molecule has 0 N–H and O–H groups in total. The number of nitrogens with zero attached hydrogens (tertiary/aromatic N) is 1. The second-order valence-electron chi connectivity index (χ2n) is 3.21. The zero-order chi connectivity index (χ0) is 10.7. The van der Waals surface area contributed by atoms with Crippen LogP contribution in [0.4, 0.5) is 0 Å². The topological polar surface area (TPSA) is 52.3 Å². The van der Waals surface area contributed by atoms with Gasteiger partial charge in [-0.05, 0) is 5.92 Å². The minimum Gasteiger partial charge on any atom is -0.464 e. The zero-order valence-electron chi connectivity index (χ0n) is 8.28. The first kappa shape index (κ1) is 11.0. The van der Waals surface area contributed by atoms with Crippen LogP contribution in [0.5, 0.6) is 0 Å². The molecule has 78 valence electrons. The second-order valence-corrected chi connectivity index (χ2v) is 3.68. The van der Waals surface area contributed by atoms with Gasteiger partial charge in [-0.15, -0.1) is 11.6 Å². The molecule has 0 amide bonds. The van der Waals surface area contributed by atoms with Crippen molar-refractivity contribution in [3.8, 4) is 0 Å². The second kappa shape index (κ2) is 4.46. The van der Waals surface area contributed by atoms with Crippen molar-refractivity contribution < 1.29 is 13.9 Å². The van der Waals surface area contributed by atoms with Crippen LogP contribution >= 0.6 is 11.6 Å². The largest absolute Gasteiger partial charge is 0.464 e. The Balaban J connectivity index is 2.82. The molecule has 0 aliphatic rings. The van der Waals surface area contributed by atoms with Crippen LogP contribution in [-0.2, 0) is 4.74 Å². The van der Waals surface area contributed by atoms with E-state index in [1.165, 1.54) is 13.4 Å². The molecule has 1 aromatic heterocycles. The number of alkyl halides is 1. The first-order valence-corrected chi connectivity index (χ1v) is 4.67. The van der Waals surface area contributed by atoms with E-state index in [0.717, 1.165) is 0 Å². The number of aromatic nitrogens is 1. The molecule has 1 rings (SSSR count). The number of ether oxygens (including phenoxy) is 1. The highest BCUT2D eigenvalue weighted by Gasteiger charge is 2.20. The predicted octanol–water partition coefficient (Wildman–Crippen LogP) is 2.40. The molecule has 0 unspecified atom stereocenters. The first-order valence-electron chi connectivity index (χ1n) is 4.24. The number of methoxy groups -OCH3 is 1. The average Bonchev–Trinajstić information content (AvgIpc) is 2.64. The van der Waals surface area contributed by atoms with E-state index in [-0.39, 0.29) is 17.0 Å². The molecule has 4 nitrogen and oxygen atoms in total. The van der Waals surface area contributed by atoms with Crippen molar-refractivity contribution in [2.24, 2.45) is 5.92 Å². The van der Waals surface area contributed by atoms with Gasteiger partial charge in [0.25, 0.3) is 0 Å². The third-order valence-corrected chi connectivity index (χ3v) is 2.43. The van der Waals surface area contributed by atoms with Gasteiger partial charge >= 0.3 is 5.97 Å². The fourth-order valence-corrected chi connectivity index (χ4v) is 0.998. The molecule has 1 heterocycles. The Morgan fingerprint density at radius 1 is 1.64 bits per heavy atom. The maximum absolute atomic E-state index is 11.0. The minimum atomic E-state index is -0.521. The highest BCUT2D eigenvalue weighted by atomic mass is 35.5. The van der Waals surface area contributed by atoms with Crippen molar-refractivity contribution in [2.45, 2.75) is 19.2 Å². The molecule has 0 aromatic carbocycles. The number of oxazole rings is 1. The van der Waals surface area contributed by atoms with E-state index in [1.54, 1.807) is 0 Å². The van der Waals surface area contributed by atoms with Gasteiger partial charge in [-0.3, -0.25) is 0 Å². The van der Waals surface area contributed by atoms with E-state index in [4.69, 9.17) is 16.0 Å². The summed E-state index contributed by atoms with van der Waals surface area (Å²) in [4.78, 5) is 15.0. The van der Waals surface area contributed by atoms with E-state index in [0.29, 0.717) is 5.89 Å². The van der Waals surface area contributed by atoms with Crippen molar-refractivity contribution in [3.63, 3.8) is 0 Å². The summed E-state index contributed by atoms with van der Waals surface area (Å²) >= 11 is 5.99. The van der Waals surface area contributed by atoms with Gasteiger partial charge in [0.05, 0.1) is 7.11 Å². The van der Waals surface area contributed by atoms with Crippen LogP contribution in [0.25, 0.3) is 0 Å². The van der Waals surface area contributed by atoms with Gasteiger partial charge in [-0.1, -0.05) is 13.8 Å². The van der Waals surface area contributed by atoms with Crippen LogP contribution in [0.1, 0.15) is 35.6 Å². The quantitative estimate of drug-likeness (QED) is 0.576. The molecule has 14 heavy (non-hydrogen) atoms. The van der Waals surface area contributed by atoms with Crippen LogP contribution in [-0.4, -0.2) is 18.1 Å². The third kappa shape index (κ3) is 2.26. The van der Waals surface area contributed by atoms with Gasteiger partial charge in [-0.2, -0.15) is 0 Å². The van der Waals surface area contributed by atoms with Crippen LogP contribution in [0.3, 0.4) is 0 Å². The molecule has 1 aromatic rings. The van der Waals surface area contributed by atoms with Crippen molar-refractivity contribution in [2.75, 3.05) is 7.11 Å². The summed E-state index contributed by atoms with van der Waals surface area (Å²) in [5.41, 5.74) is 0.147. The Labute approximate surface area is 87.2 Å². The molecule has 0 radical (unpaired) electrons. The van der Waals surface area contributed by atoms with Gasteiger partial charge in [0.1, 0.15) is 11.6 Å². The van der Waals surface area contributed by atoms with Crippen LogP contribution in [0, 0.1) is 5.92 Å². The maximum Gasteiger partial charge on any atom is 0.360 e. The summed E-state index contributed by atoms with van der Waals surface area (Å²) in [6.07, 6.45) is 1.25. The summed E-state index contributed by atoms with van der Waals surface area (Å²) in [7, 11) is 1.29. The molecular formula is C9H12ClNO3. The lowest BCUT2D eigenvalue weighted by atomic mass is 10.1. The number of hydrogen-bond acceptors (Lipinski definition) is 4. The van der Waals surface area contributed by atoms with Gasteiger partial charge in [0.2, 0.25) is 5.89 Å². The number of hydrogen-bond donors (Lipinski definition) is 0. The predicted molar refractivity (Wildman–Crippen MR) is 51.3 cm³/mol. The fraction of sp³-hybridized carbons (Fsp3) is 0.556. The monoisotopic (exact) mass is 217 g/mol. The Bertz CT molecular complexity index is 322. The van der Waals surface area contributed by atoms with E-state index in [1.807, 2.05) is 13.8 Å². The standard InChI is InChI=1S/C9H12ClNO3/c1-5(2)7(10)8-11-6(4-14-8)9(12)13-3/h4-5,7H,1-3H3/t7-/m1/s1. The number of carbonyl (C=O) groups is 1. The number of rotatable bonds is 3. The third-order valence-electron chi connectivity index (χ3n) is 1.74. The van der Waals surface area contributed by atoms with E-state index < -0.39 is 5.97 Å². The molecule has 0 fully saturated rings. The molecule has 1 atom stereocenters. The van der Waals surface area contributed by atoms with E-state index in [9.17, 15) is 4.79 Å². The van der Waals surface area contributed by atoms with Crippen molar-refractivity contribution in [1.82, 2.24) is 4.98 Å². The molecule has 0 saturated carbocycles. The Morgan fingerprint density at radius 3 is 2.79 bits per heavy atom. The Morgan fingerprint density at radius 2 is 2.29 bits per heavy atom. The molecule has 0 bridgehead atoms. The van der Waals surface area contributed by atoms with E-state index >= 15 is 0 Å². The van der Waals surface area contributed by atoms with Crippen LogP contribution < -0.4 is 0 Å². The summed E-state index contributed by atoms with van der Waals surface area (Å²) < 4.78 is 9.55. The van der Waals surface area contributed by atoms with Gasteiger partial charge < -0.3 is 9.15 Å². The molecule has 0 saturated heterocycles. The van der Waals surface area contributed by atoms with E-state index in [2.05, 4.69) is 9.72 Å².